The number of nitrogens with one attached hydrogen (secondary N) is 1. The Hall–Kier alpha value is 0.700. The van der Waals surface area contributed by atoms with Crippen molar-refractivity contribution in [2.45, 2.75) is 49.0 Å². The van der Waals surface area contributed by atoms with E-state index in [1.165, 1.54) is 44.4 Å². The molecule has 0 aromatic carbocycles. The van der Waals surface area contributed by atoms with Gasteiger partial charge in [0.15, 0.2) is 5.96 Å². The Morgan fingerprint density at radius 3 is 2.71 bits per heavy atom. The molecule has 1 atom stereocenters. The summed E-state index contributed by atoms with van der Waals surface area (Å²) in [7, 11) is 1.92. The van der Waals surface area contributed by atoms with Gasteiger partial charge in [0.2, 0.25) is 0 Å². The minimum absolute atomic E-state index is 0. The van der Waals surface area contributed by atoms with E-state index in [9.17, 15) is 0 Å². The van der Waals surface area contributed by atoms with Crippen molar-refractivity contribution in [1.29, 1.82) is 0 Å². The lowest BCUT2D eigenvalue weighted by Crippen LogP contribution is -2.54. The second-order valence-corrected chi connectivity index (χ2v) is 8.83. The number of thioether (sulfide) groups is 2. The summed E-state index contributed by atoms with van der Waals surface area (Å²) in [5.41, 5.74) is 0. The molecule has 0 aromatic heterocycles. The molecule has 1 aliphatic carbocycles. The third kappa shape index (κ3) is 5.68. The molecule has 0 bridgehead atoms. The van der Waals surface area contributed by atoms with E-state index in [0.717, 1.165) is 19.0 Å². The van der Waals surface area contributed by atoms with Crippen molar-refractivity contribution in [2.75, 3.05) is 38.7 Å². The third-order valence-corrected chi connectivity index (χ3v) is 6.98. The first-order chi connectivity index (χ1) is 9.69. The first-order valence-corrected chi connectivity index (χ1v) is 10.1. The zero-order valence-electron chi connectivity index (χ0n) is 13.6. The fourth-order valence-corrected chi connectivity index (χ4v) is 4.99. The summed E-state index contributed by atoms with van der Waals surface area (Å²) in [5.74, 6) is 2.36. The van der Waals surface area contributed by atoms with Crippen LogP contribution in [0.4, 0.5) is 0 Å². The van der Waals surface area contributed by atoms with Gasteiger partial charge in [-0.1, -0.05) is 26.2 Å². The first-order valence-electron chi connectivity index (χ1n) is 7.81. The molecule has 1 heterocycles. The summed E-state index contributed by atoms with van der Waals surface area (Å²) >= 11 is 4.12. The van der Waals surface area contributed by atoms with Crippen LogP contribution in [0.25, 0.3) is 0 Å². The van der Waals surface area contributed by atoms with Crippen LogP contribution in [0, 0.1) is 0 Å². The van der Waals surface area contributed by atoms with Gasteiger partial charge in [0.1, 0.15) is 0 Å². The number of halogens is 1. The molecule has 0 amide bonds. The lowest BCUT2D eigenvalue weighted by Gasteiger charge is -2.45. The standard InChI is InChI=1S/C15H29N3S2.HI/c1-13(19-3)11-17-14(16-2)18-9-10-20-15(12-18)7-5-4-6-8-15;/h13H,4-12H2,1-3H3,(H,16,17);1H. The summed E-state index contributed by atoms with van der Waals surface area (Å²) in [4.78, 5) is 7.00. The van der Waals surface area contributed by atoms with E-state index in [-0.39, 0.29) is 24.0 Å². The van der Waals surface area contributed by atoms with E-state index in [1.807, 2.05) is 18.8 Å². The minimum Gasteiger partial charge on any atom is -0.355 e. The summed E-state index contributed by atoms with van der Waals surface area (Å²) in [6.07, 6.45) is 9.22. The van der Waals surface area contributed by atoms with Gasteiger partial charge in [-0.2, -0.15) is 23.5 Å². The molecule has 1 saturated carbocycles. The number of aliphatic imine (C=N–C) groups is 1. The van der Waals surface area contributed by atoms with Crippen molar-refractivity contribution < 1.29 is 0 Å². The van der Waals surface area contributed by atoms with E-state index in [0.29, 0.717) is 10.00 Å². The Morgan fingerprint density at radius 2 is 2.10 bits per heavy atom. The molecule has 1 N–H and O–H groups in total. The predicted molar refractivity (Wildman–Crippen MR) is 110 cm³/mol. The highest BCUT2D eigenvalue weighted by atomic mass is 127. The number of guanidine groups is 1. The Bertz CT molecular complexity index is 327. The molecule has 1 spiro atoms. The topological polar surface area (TPSA) is 27.6 Å². The van der Waals surface area contributed by atoms with E-state index >= 15 is 0 Å². The van der Waals surface area contributed by atoms with Crippen molar-refractivity contribution in [2.24, 2.45) is 4.99 Å². The molecule has 6 heteroatoms. The highest BCUT2D eigenvalue weighted by Crippen LogP contribution is 2.42. The van der Waals surface area contributed by atoms with Crippen LogP contribution in [0.2, 0.25) is 0 Å². The summed E-state index contributed by atoms with van der Waals surface area (Å²) in [5, 5.41) is 4.19. The molecule has 3 nitrogen and oxygen atoms in total. The maximum Gasteiger partial charge on any atom is 0.193 e. The smallest absolute Gasteiger partial charge is 0.193 e. The molecule has 21 heavy (non-hydrogen) atoms. The average molecular weight is 443 g/mol. The van der Waals surface area contributed by atoms with Crippen LogP contribution in [0.5, 0.6) is 0 Å². The number of rotatable bonds is 3. The number of hydrogen-bond acceptors (Lipinski definition) is 3. The summed E-state index contributed by atoms with van der Waals surface area (Å²) in [6.45, 7) is 5.59. The number of nitrogens with zero attached hydrogens (tertiary/aromatic N) is 2. The molecular weight excluding hydrogens is 413 g/mol. The Kier molecular flexibility index (Phi) is 9.17. The average Bonchev–Trinajstić information content (AvgIpc) is 2.48. The fraction of sp³-hybridized carbons (Fsp3) is 0.933. The SMILES string of the molecule is CN=C(NCC(C)SC)N1CCSC2(CCCCC2)C1.I. The van der Waals surface area contributed by atoms with Gasteiger partial charge < -0.3 is 10.2 Å². The molecule has 1 saturated heterocycles. The van der Waals surface area contributed by atoms with Crippen LogP contribution in [-0.4, -0.2) is 59.5 Å². The first kappa shape index (κ1) is 19.7. The lowest BCUT2D eigenvalue weighted by atomic mass is 9.87. The Morgan fingerprint density at radius 1 is 1.38 bits per heavy atom. The van der Waals surface area contributed by atoms with Crippen LogP contribution in [0.1, 0.15) is 39.0 Å². The van der Waals surface area contributed by atoms with E-state index < -0.39 is 0 Å². The molecular formula is C15H30IN3S2. The zero-order chi connectivity index (χ0) is 14.4. The minimum atomic E-state index is 0. The van der Waals surface area contributed by atoms with Crippen LogP contribution in [0.3, 0.4) is 0 Å². The molecule has 0 aromatic rings. The Balaban J connectivity index is 0.00000220. The largest absolute Gasteiger partial charge is 0.355 e. The van der Waals surface area contributed by atoms with Crippen LogP contribution >= 0.6 is 47.5 Å². The van der Waals surface area contributed by atoms with Gasteiger partial charge in [-0.05, 0) is 19.1 Å². The van der Waals surface area contributed by atoms with Crippen molar-refractivity contribution in [3.63, 3.8) is 0 Å². The third-order valence-electron chi connectivity index (χ3n) is 4.47. The maximum absolute atomic E-state index is 4.51. The zero-order valence-corrected chi connectivity index (χ0v) is 17.5. The highest BCUT2D eigenvalue weighted by molar-refractivity contribution is 14.0. The van der Waals surface area contributed by atoms with Crippen LogP contribution < -0.4 is 5.32 Å². The van der Waals surface area contributed by atoms with Crippen molar-refractivity contribution in [3.8, 4) is 0 Å². The van der Waals surface area contributed by atoms with Gasteiger partial charge in [-0.3, -0.25) is 4.99 Å². The molecule has 124 valence electrons. The molecule has 2 rings (SSSR count). The lowest BCUT2D eigenvalue weighted by molar-refractivity contribution is 0.293. The van der Waals surface area contributed by atoms with E-state index in [1.54, 1.807) is 0 Å². The van der Waals surface area contributed by atoms with Gasteiger partial charge in [-0.15, -0.1) is 24.0 Å². The molecule has 1 aliphatic heterocycles. The molecule has 1 unspecified atom stereocenters. The predicted octanol–water partition coefficient (Wildman–Crippen LogP) is 3.68. The Labute approximate surface area is 155 Å². The quantitative estimate of drug-likeness (QED) is 0.409. The second kappa shape index (κ2) is 9.75. The van der Waals surface area contributed by atoms with Gasteiger partial charge in [0, 0.05) is 42.4 Å². The van der Waals surface area contributed by atoms with E-state index in [4.69, 9.17) is 0 Å². The molecule has 2 aliphatic rings. The van der Waals surface area contributed by atoms with Gasteiger partial charge in [-0.25, -0.2) is 0 Å². The van der Waals surface area contributed by atoms with Crippen LogP contribution in [0.15, 0.2) is 4.99 Å². The fourth-order valence-electron chi connectivity index (χ4n) is 3.17. The van der Waals surface area contributed by atoms with Crippen molar-refractivity contribution in [3.05, 3.63) is 0 Å². The van der Waals surface area contributed by atoms with Crippen LogP contribution in [-0.2, 0) is 0 Å². The van der Waals surface area contributed by atoms with Gasteiger partial charge in [0.05, 0.1) is 0 Å². The van der Waals surface area contributed by atoms with Gasteiger partial charge >= 0.3 is 0 Å². The maximum atomic E-state index is 4.51. The summed E-state index contributed by atoms with van der Waals surface area (Å²) < 4.78 is 0.513. The molecule has 0 radical (unpaired) electrons. The highest BCUT2D eigenvalue weighted by Gasteiger charge is 2.38. The normalized spacial score (nSPS) is 23.6. The van der Waals surface area contributed by atoms with Gasteiger partial charge in [0.25, 0.3) is 0 Å². The van der Waals surface area contributed by atoms with Crippen molar-refractivity contribution in [1.82, 2.24) is 10.2 Å². The monoisotopic (exact) mass is 443 g/mol. The number of hydrogen-bond donors (Lipinski definition) is 1. The van der Waals surface area contributed by atoms with E-state index in [2.05, 4.69) is 40.2 Å². The van der Waals surface area contributed by atoms with Crippen molar-refractivity contribution >= 4 is 53.5 Å². The second-order valence-electron chi connectivity index (χ2n) is 5.99. The summed E-state index contributed by atoms with van der Waals surface area (Å²) in [6, 6.07) is 0. The molecule has 2 fully saturated rings.